The molecule has 1 heterocycles. The summed E-state index contributed by atoms with van der Waals surface area (Å²) < 4.78 is 16.0. The predicted octanol–water partition coefficient (Wildman–Crippen LogP) is 2.63. The molecular weight excluding hydrogens is 299 g/mol. The molecule has 0 atom stereocenters. The molecule has 1 aromatic carbocycles. The van der Waals surface area contributed by atoms with Crippen LogP contribution >= 0.6 is 15.9 Å². The van der Waals surface area contributed by atoms with Crippen molar-refractivity contribution in [3.8, 4) is 11.3 Å². The Morgan fingerprint density at radius 2 is 2.11 bits per heavy atom. The quantitative estimate of drug-likeness (QED) is 0.838. The van der Waals surface area contributed by atoms with E-state index in [0.29, 0.717) is 23.0 Å². The predicted molar refractivity (Wildman–Crippen MR) is 71.9 cm³/mol. The number of nitrogen functional groups attached to an aromatic ring is 2. The highest BCUT2D eigenvalue weighted by atomic mass is 79.9. The fourth-order valence-corrected chi connectivity index (χ4v) is 2.33. The molecule has 0 amide bonds. The van der Waals surface area contributed by atoms with Crippen molar-refractivity contribution in [1.29, 1.82) is 0 Å². The number of hydrogen-bond acceptors (Lipinski definition) is 3. The van der Waals surface area contributed by atoms with E-state index in [0.717, 1.165) is 23.1 Å². The number of benzene rings is 1. The van der Waals surface area contributed by atoms with Crippen LogP contribution < -0.4 is 11.6 Å². The molecule has 0 radical (unpaired) electrons. The van der Waals surface area contributed by atoms with Crippen LogP contribution in [0.4, 0.5) is 10.2 Å². The summed E-state index contributed by atoms with van der Waals surface area (Å²) in [7, 11) is 0. The Bertz CT molecular complexity index is 619. The van der Waals surface area contributed by atoms with Gasteiger partial charge in [-0.3, -0.25) is 0 Å². The van der Waals surface area contributed by atoms with Gasteiger partial charge in [0.05, 0.1) is 0 Å². The summed E-state index contributed by atoms with van der Waals surface area (Å²) in [6.45, 7) is 0. The van der Waals surface area contributed by atoms with Gasteiger partial charge in [-0.15, -0.1) is 0 Å². The van der Waals surface area contributed by atoms with Gasteiger partial charge in [0, 0.05) is 16.0 Å². The summed E-state index contributed by atoms with van der Waals surface area (Å²) >= 11 is 3.31. The van der Waals surface area contributed by atoms with Crippen molar-refractivity contribution < 1.29 is 4.39 Å². The molecule has 18 heavy (non-hydrogen) atoms. The van der Waals surface area contributed by atoms with Crippen molar-refractivity contribution in [3.63, 3.8) is 0 Å². The first kappa shape index (κ1) is 11.5. The molecule has 0 saturated heterocycles. The average Bonchev–Trinajstić information content (AvgIpc) is 3.13. The molecule has 6 heteroatoms. The lowest BCUT2D eigenvalue weighted by Crippen LogP contribution is -2.14. The first-order valence-electron chi connectivity index (χ1n) is 5.66. The van der Waals surface area contributed by atoms with Gasteiger partial charge in [0.2, 0.25) is 0 Å². The second-order valence-electron chi connectivity index (χ2n) is 4.47. The van der Waals surface area contributed by atoms with Crippen molar-refractivity contribution in [1.82, 2.24) is 9.66 Å². The van der Waals surface area contributed by atoms with Crippen LogP contribution in [0.15, 0.2) is 22.7 Å². The van der Waals surface area contributed by atoms with Gasteiger partial charge in [-0.05, 0) is 31.0 Å². The number of nitrogens with zero attached hydrogens (tertiary/aromatic N) is 2. The van der Waals surface area contributed by atoms with Crippen molar-refractivity contribution in [2.75, 3.05) is 11.6 Å². The minimum atomic E-state index is -0.356. The Labute approximate surface area is 112 Å². The number of rotatable bonds is 2. The third-order valence-corrected chi connectivity index (χ3v) is 3.59. The van der Waals surface area contributed by atoms with Gasteiger partial charge in [-0.25, -0.2) is 14.1 Å². The maximum absolute atomic E-state index is 13.8. The number of nitrogens with two attached hydrogens (primary N) is 2. The smallest absolute Gasteiger partial charge is 0.150 e. The Morgan fingerprint density at radius 1 is 1.39 bits per heavy atom. The molecule has 2 aromatic rings. The van der Waals surface area contributed by atoms with E-state index >= 15 is 0 Å². The minimum Gasteiger partial charge on any atom is -0.382 e. The van der Waals surface area contributed by atoms with Crippen LogP contribution in [0.5, 0.6) is 0 Å². The third-order valence-electron chi connectivity index (χ3n) is 3.10. The van der Waals surface area contributed by atoms with Gasteiger partial charge >= 0.3 is 0 Å². The first-order valence-corrected chi connectivity index (χ1v) is 6.46. The highest BCUT2D eigenvalue weighted by Gasteiger charge is 2.31. The molecule has 4 N–H and O–H groups in total. The summed E-state index contributed by atoms with van der Waals surface area (Å²) in [5.74, 6) is 6.91. The minimum absolute atomic E-state index is 0.300. The second kappa shape index (κ2) is 3.98. The average molecular weight is 311 g/mol. The van der Waals surface area contributed by atoms with Crippen molar-refractivity contribution >= 4 is 21.7 Å². The molecule has 0 aliphatic heterocycles. The van der Waals surface area contributed by atoms with Gasteiger partial charge in [-0.2, -0.15) is 0 Å². The standard InChI is InChI=1S/C12H12BrFN4/c13-7-3-4-9(14)8(5-7)10-11(15)18(16)12(17-10)6-1-2-6/h3-6H,1-2,15-16H2. The molecule has 94 valence electrons. The molecule has 1 aliphatic rings. The Hall–Kier alpha value is -1.56. The number of aromatic nitrogens is 2. The van der Waals surface area contributed by atoms with E-state index in [4.69, 9.17) is 11.6 Å². The van der Waals surface area contributed by atoms with E-state index in [9.17, 15) is 4.39 Å². The topological polar surface area (TPSA) is 69.9 Å². The van der Waals surface area contributed by atoms with E-state index in [1.54, 1.807) is 12.1 Å². The van der Waals surface area contributed by atoms with Gasteiger partial charge < -0.3 is 11.6 Å². The van der Waals surface area contributed by atoms with Crippen LogP contribution in [-0.4, -0.2) is 9.66 Å². The maximum atomic E-state index is 13.8. The molecule has 1 aliphatic carbocycles. The number of hydrogen-bond donors (Lipinski definition) is 2. The Kier molecular flexibility index (Phi) is 2.55. The zero-order valence-electron chi connectivity index (χ0n) is 9.53. The summed E-state index contributed by atoms with van der Waals surface area (Å²) in [5, 5.41) is 0. The Morgan fingerprint density at radius 3 is 2.78 bits per heavy atom. The summed E-state index contributed by atoms with van der Waals surface area (Å²) in [4.78, 5) is 4.40. The molecule has 1 fully saturated rings. The summed E-state index contributed by atoms with van der Waals surface area (Å²) in [6, 6.07) is 4.67. The largest absolute Gasteiger partial charge is 0.382 e. The van der Waals surface area contributed by atoms with Crippen LogP contribution in [0, 0.1) is 5.82 Å². The molecule has 4 nitrogen and oxygen atoms in total. The molecule has 0 spiro atoms. The molecule has 0 bridgehead atoms. The van der Waals surface area contributed by atoms with Crippen molar-refractivity contribution in [2.45, 2.75) is 18.8 Å². The van der Waals surface area contributed by atoms with E-state index in [1.807, 2.05) is 0 Å². The number of imidazole rings is 1. The van der Waals surface area contributed by atoms with Gasteiger partial charge in [0.25, 0.3) is 0 Å². The summed E-state index contributed by atoms with van der Waals surface area (Å²) in [5.41, 5.74) is 6.70. The first-order chi connectivity index (χ1) is 8.58. The fourth-order valence-electron chi connectivity index (χ4n) is 1.97. The second-order valence-corrected chi connectivity index (χ2v) is 5.39. The number of halogens is 2. The van der Waals surface area contributed by atoms with Gasteiger partial charge in [-0.1, -0.05) is 15.9 Å². The normalized spacial score (nSPS) is 15.0. The maximum Gasteiger partial charge on any atom is 0.150 e. The van der Waals surface area contributed by atoms with Crippen LogP contribution in [-0.2, 0) is 0 Å². The zero-order chi connectivity index (χ0) is 12.9. The SMILES string of the molecule is Nc1c(-c2cc(Br)ccc2F)nc(C2CC2)n1N. The molecular formula is C12H12BrFN4. The lowest BCUT2D eigenvalue weighted by molar-refractivity contribution is 0.630. The van der Waals surface area contributed by atoms with E-state index in [2.05, 4.69) is 20.9 Å². The van der Waals surface area contributed by atoms with Gasteiger partial charge in [0.1, 0.15) is 17.3 Å². The monoisotopic (exact) mass is 310 g/mol. The lowest BCUT2D eigenvalue weighted by Gasteiger charge is -2.02. The highest BCUT2D eigenvalue weighted by molar-refractivity contribution is 9.10. The van der Waals surface area contributed by atoms with Crippen LogP contribution in [0.1, 0.15) is 24.6 Å². The summed E-state index contributed by atoms with van der Waals surface area (Å²) in [6.07, 6.45) is 2.13. The molecule has 1 aromatic heterocycles. The van der Waals surface area contributed by atoms with Crippen LogP contribution in [0.25, 0.3) is 11.3 Å². The van der Waals surface area contributed by atoms with Crippen LogP contribution in [0.2, 0.25) is 0 Å². The lowest BCUT2D eigenvalue weighted by atomic mass is 10.1. The highest BCUT2D eigenvalue weighted by Crippen LogP contribution is 2.41. The fraction of sp³-hybridized carbons (Fsp3) is 0.250. The zero-order valence-corrected chi connectivity index (χ0v) is 11.1. The molecule has 3 rings (SSSR count). The van der Waals surface area contributed by atoms with Crippen molar-refractivity contribution in [2.24, 2.45) is 0 Å². The van der Waals surface area contributed by atoms with E-state index in [1.165, 1.54) is 10.7 Å². The third kappa shape index (κ3) is 1.77. The van der Waals surface area contributed by atoms with E-state index in [-0.39, 0.29) is 5.82 Å². The van der Waals surface area contributed by atoms with E-state index < -0.39 is 0 Å². The molecule has 0 unspecified atom stereocenters. The molecule has 1 saturated carbocycles. The van der Waals surface area contributed by atoms with Crippen LogP contribution in [0.3, 0.4) is 0 Å². The number of anilines is 1. The van der Waals surface area contributed by atoms with Gasteiger partial charge in [0.15, 0.2) is 5.82 Å². The van der Waals surface area contributed by atoms with Crippen molar-refractivity contribution in [3.05, 3.63) is 34.3 Å². The Balaban J connectivity index is 2.16.